The number of amides is 1. The van der Waals surface area contributed by atoms with Crippen LogP contribution in [0.1, 0.15) is 37.8 Å². The molecule has 3 rings (SSSR count). The number of carbonyl (C=O) groups is 1. The molecule has 4 nitrogen and oxygen atoms in total. The van der Waals surface area contributed by atoms with Gasteiger partial charge in [-0.15, -0.1) is 0 Å². The van der Waals surface area contributed by atoms with Crippen LogP contribution in [0.4, 0.5) is 0 Å². The van der Waals surface area contributed by atoms with E-state index in [9.17, 15) is 4.79 Å². The van der Waals surface area contributed by atoms with Crippen molar-refractivity contribution in [2.75, 3.05) is 26.2 Å². The average molecular weight is 449 g/mol. The number of ether oxygens (including phenoxy) is 1. The van der Waals surface area contributed by atoms with E-state index in [-0.39, 0.29) is 5.92 Å². The Morgan fingerprint density at radius 1 is 1.00 bits per heavy atom. The van der Waals surface area contributed by atoms with Crippen molar-refractivity contribution in [1.82, 2.24) is 9.80 Å². The van der Waals surface area contributed by atoms with Crippen LogP contribution in [0.2, 0.25) is 10.0 Å². The zero-order valence-electron chi connectivity index (χ0n) is 17.7. The van der Waals surface area contributed by atoms with Crippen molar-refractivity contribution >= 4 is 29.1 Å². The van der Waals surface area contributed by atoms with Crippen molar-refractivity contribution < 1.29 is 9.53 Å². The van der Waals surface area contributed by atoms with Gasteiger partial charge in [0.05, 0.1) is 16.0 Å². The molecule has 162 valence electrons. The highest BCUT2D eigenvalue weighted by atomic mass is 35.5. The topological polar surface area (TPSA) is 32.8 Å². The lowest BCUT2D eigenvalue weighted by atomic mass is 9.97. The molecule has 0 spiro atoms. The predicted octanol–water partition coefficient (Wildman–Crippen LogP) is 5.65. The SMILES string of the molecule is CCCN(CCC)C(=O)C1CN(Cc2ccc(OCc3ccc(Cl)c(Cl)c3)cc2)C1. The largest absolute Gasteiger partial charge is 0.489 e. The Balaban J connectivity index is 1.44. The van der Waals surface area contributed by atoms with Crippen molar-refractivity contribution in [1.29, 1.82) is 0 Å². The monoisotopic (exact) mass is 448 g/mol. The van der Waals surface area contributed by atoms with Crippen molar-refractivity contribution in [3.8, 4) is 5.75 Å². The van der Waals surface area contributed by atoms with Crippen LogP contribution in [0.25, 0.3) is 0 Å². The maximum absolute atomic E-state index is 12.6. The Morgan fingerprint density at radius 2 is 1.63 bits per heavy atom. The lowest BCUT2D eigenvalue weighted by molar-refractivity contribution is -0.141. The van der Waals surface area contributed by atoms with Gasteiger partial charge in [-0.1, -0.05) is 55.2 Å². The number of carbonyl (C=O) groups excluding carboxylic acids is 1. The smallest absolute Gasteiger partial charge is 0.228 e. The molecule has 0 bridgehead atoms. The van der Waals surface area contributed by atoms with Gasteiger partial charge >= 0.3 is 0 Å². The molecule has 1 aliphatic heterocycles. The van der Waals surface area contributed by atoms with E-state index in [2.05, 4.69) is 30.9 Å². The molecule has 1 saturated heterocycles. The lowest BCUT2D eigenvalue weighted by Gasteiger charge is -2.40. The minimum Gasteiger partial charge on any atom is -0.489 e. The molecule has 6 heteroatoms. The van der Waals surface area contributed by atoms with Gasteiger partial charge in [-0.25, -0.2) is 0 Å². The van der Waals surface area contributed by atoms with Gasteiger partial charge in [0, 0.05) is 32.7 Å². The number of hydrogen-bond acceptors (Lipinski definition) is 3. The van der Waals surface area contributed by atoms with Gasteiger partial charge in [0.15, 0.2) is 0 Å². The number of halogens is 2. The van der Waals surface area contributed by atoms with Crippen LogP contribution in [0.15, 0.2) is 42.5 Å². The average Bonchev–Trinajstić information content (AvgIpc) is 2.71. The summed E-state index contributed by atoms with van der Waals surface area (Å²) in [6, 6.07) is 13.6. The first-order valence-electron chi connectivity index (χ1n) is 10.7. The summed E-state index contributed by atoms with van der Waals surface area (Å²) in [4.78, 5) is 17.0. The third-order valence-corrected chi connectivity index (χ3v) is 6.06. The maximum Gasteiger partial charge on any atom is 0.228 e. The van der Waals surface area contributed by atoms with Gasteiger partial charge in [-0.3, -0.25) is 9.69 Å². The summed E-state index contributed by atoms with van der Waals surface area (Å²) in [5, 5.41) is 1.08. The Hall–Kier alpha value is -1.75. The molecule has 2 aromatic rings. The van der Waals surface area contributed by atoms with Crippen LogP contribution in [-0.4, -0.2) is 41.9 Å². The quantitative estimate of drug-likeness (QED) is 0.470. The molecule has 1 aliphatic rings. The number of benzene rings is 2. The molecule has 0 radical (unpaired) electrons. The van der Waals surface area contributed by atoms with E-state index in [4.69, 9.17) is 27.9 Å². The first kappa shape index (κ1) is 22.9. The van der Waals surface area contributed by atoms with Gasteiger partial charge in [-0.2, -0.15) is 0 Å². The molecule has 0 aliphatic carbocycles. The van der Waals surface area contributed by atoms with E-state index < -0.39 is 0 Å². The molecule has 0 N–H and O–H groups in total. The van der Waals surface area contributed by atoms with E-state index in [1.807, 2.05) is 29.2 Å². The van der Waals surface area contributed by atoms with Gasteiger partial charge < -0.3 is 9.64 Å². The van der Waals surface area contributed by atoms with Gasteiger partial charge in [0.2, 0.25) is 5.91 Å². The number of nitrogens with zero attached hydrogens (tertiary/aromatic N) is 2. The first-order valence-corrected chi connectivity index (χ1v) is 11.4. The van der Waals surface area contributed by atoms with Crippen molar-refractivity contribution in [3.05, 3.63) is 63.6 Å². The van der Waals surface area contributed by atoms with Gasteiger partial charge in [0.25, 0.3) is 0 Å². The Kier molecular flexibility index (Phi) is 8.43. The van der Waals surface area contributed by atoms with E-state index in [1.54, 1.807) is 6.07 Å². The van der Waals surface area contributed by atoms with Crippen LogP contribution in [-0.2, 0) is 17.9 Å². The second-order valence-corrected chi connectivity index (χ2v) is 8.71. The zero-order valence-corrected chi connectivity index (χ0v) is 19.3. The Bertz CT molecular complexity index is 830. The number of hydrogen-bond donors (Lipinski definition) is 0. The van der Waals surface area contributed by atoms with Crippen LogP contribution in [0.3, 0.4) is 0 Å². The normalized spacial score (nSPS) is 14.4. The highest BCUT2D eigenvalue weighted by molar-refractivity contribution is 6.42. The third kappa shape index (κ3) is 6.13. The first-order chi connectivity index (χ1) is 14.5. The van der Waals surface area contributed by atoms with Crippen molar-refractivity contribution in [3.63, 3.8) is 0 Å². The molecular weight excluding hydrogens is 419 g/mol. The summed E-state index contributed by atoms with van der Waals surface area (Å²) >= 11 is 12.0. The molecule has 0 unspecified atom stereocenters. The summed E-state index contributed by atoms with van der Waals surface area (Å²) < 4.78 is 5.84. The number of rotatable bonds is 10. The van der Waals surface area contributed by atoms with Crippen LogP contribution >= 0.6 is 23.2 Å². The molecule has 30 heavy (non-hydrogen) atoms. The fourth-order valence-electron chi connectivity index (χ4n) is 3.73. The second-order valence-electron chi connectivity index (χ2n) is 7.90. The zero-order chi connectivity index (χ0) is 21.5. The summed E-state index contributed by atoms with van der Waals surface area (Å²) in [5.41, 5.74) is 2.20. The fourth-order valence-corrected chi connectivity index (χ4v) is 4.05. The molecule has 1 amide bonds. The summed E-state index contributed by atoms with van der Waals surface area (Å²) in [6.07, 6.45) is 2.03. The molecule has 0 aromatic heterocycles. The van der Waals surface area contributed by atoms with Crippen molar-refractivity contribution in [2.24, 2.45) is 5.92 Å². The van der Waals surface area contributed by atoms with E-state index in [0.717, 1.165) is 56.9 Å². The highest BCUT2D eigenvalue weighted by Crippen LogP contribution is 2.25. The molecule has 1 heterocycles. The fraction of sp³-hybridized carbons (Fsp3) is 0.458. The van der Waals surface area contributed by atoms with Crippen molar-refractivity contribution in [2.45, 2.75) is 39.8 Å². The molecule has 0 atom stereocenters. The van der Waals surface area contributed by atoms with Gasteiger partial charge in [0.1, 0.15) is 12.4 Å². The predicted molar refractivity (Wildman–Crippen MR) is 123 cm³/mol. The highest BCUT2D eigenvalue weighted by Gasteiger charge is 2.34. The lowest BCUT2D eigenvalue weighted by Crippen LogP contribution is -2.54. The minimum absolute atomic E-state index is 0.150. The van der Waals surface area contributed by atoms with Gasteiger partial charge in [-0.05, 0) is 48.2 Å². The molecule has 2 aromatic carbocycles. The van der Waals surface area contributed by atoms with Crippen LogP contribution in [0.5, 0.6) is 5.75 Å². The third-order valence-electron chi connectivity index (χ3n) is 5.32. The van der Waals surface area contributed by atoms with E-state index in [0.29, 0.717) is 22.6 Å². The number of likely N-dealkylation sites (tertiary alicyclic amines) is 1. The summed E-state index contributed by atoms with van der Waals surface area (Å²) in [5.74, 6) is 1.29. The standard InChI is InChI=1S/C24H30Cl2N2O2/c1-3-11-28(12-4-2)24(29)20-15-27(16-20)14-18-5-8-21(9-6-18)30-17-19-7-10-22(25)23(26)13-19/h5-10,13,20H,3-4,11-12,14-17H2,1-2H3. The second kappa shape index (κ2) is 11.0. The molecule has 1 fully saturated rings. The van der Waals surface area contributed by atoms with Crippen LogP contribution in [0, 0.1) is 5.92 Å². The molecule has 0 saturated carbocycles. The Labute approximate surface area is 189 Å². The molecular formula is C24H30Cl2N2O2. The minimum atomic E-state index is 0.150. The summed E-state index contributed by atoms with van der Waals surface area (Å²) in [7, 11) is 0. The summed E-state index contributed by atoms with van der Waals surface area (Å²) in [6.45, 7) is 8.98. The van der Waals surface area contributed by atoms with E-state index in [1.165, 1.54) is 5.56 Å². The maximum atomic E-state index is 12.6. The van der Waals surface area contributed by atoms with Crippen LogP contribution < -0.4 is 4.74 Å². The van der Waals surface area contributed by atoms with E-state index >= 15 is 0 Å². The Morgan fingerprint density at radius 3 is 2.23 bits per heavy atom.